The van der Waals surface area contributed by atoms with Gasteiger partial charge in [0.25, 0.3) is 10.0 Å². The number of rotatable bonds is 11. The van der Waals surface area contributed by atoms with Gasteiger partial charge in [0.2, 0.25) is 0 Å². The van der Waals surface area contributed by atoms with Gasteiger partial charge in [0.1, 0.15) is 0 Å². The van der Waals surface area contributed by atoms with Crippen LogP contribution in [0, 0.1) is 0 Å². The van der Waals surface area contributed by atoms with E-state index < -0.39 is 10.0 Å². The number of nitrogens with one attached hydrogen (secondary N) is 3. The highest BCUT2D eigenvalue weighted by Crippen LogP contribution is 2.13. The van der Waals surface area contributed by atoms with E-state index in [9.17, 15) is 8.42 Å². The molecule has 0 bridgehead atoms. The fourth-order valence-electron chi connectivity index (χ4n) is 2.06. The van der Waals surface area contributed by atoms with Crippen molar-refractivity contribution in [1.29, 1.82) is 0 Å². The Kier molecular flexibility index (Phi) is 7.87. The third kappa shape index (κ3) is 5.74. The van der Waals surface area contributed by atoms with Gasteiger partial charge in [0.15, 0.2) is 5.03 Å². The maximum atomic E-state index is 12.4. The molecule has 0 aliphatic rings. The quantitative estimate of drug-likeness (QED) is 0.529. The monoisotopic (exact) mass is 318 g/mol. The van der Waals surface area contributed by atoms with Crippen molar-refractivity contribution in [2.24, 2.45) is 0 Å². The molecule has 1 aromatic heterocycles. The topological polar surface area (TPSA) is 96.1 Å². The van der Waals surface area contributed by atoms with E-state index in [1.165, 1.54) is 0 Å². The summed E-state index contributed by atoms with van der Waals surface area (Å²) < 4.78 is 32.6. The minimum Gasteiger partial charge on any atom is -0.383 e. The molecule has 0 aliphatic carbocycles. The van der Waals surface area contributed by atoms with Gasteiger partial charge in [0, 0.05) is 25.3 Å². The van der Waals surface area contributed by atoms with Crippen LogP contribution in [0.4, 0.5) is 0 Å². The Morgan fingerprint density at radius 2 is 2.14 bits per heavy atom. The molecule has 122 valence electrons. The number of ether oxygens (including phenoxy) is 1. The van der Waals surface area contributed by atoms with Crippen LogP contribution < -0.4 is 10.0 Å². The number of H-pyrrole nitrogens is 1. The Morgan fingerprint density at radius 1 is 1.38 bits per heavy atom. The molecule has 0 amide bonds. The summed E-state index contributed by atoms with van der Waals surface area (Å²) >= 11 is 0. The molecule has 1 aromatic rings. The Bertz CT molecular complexity index is 495. The Morgan fingerprint density at radius 3 is 2.76 bits per heavy atom. The molecule has 0 aliphatic heterocycles. The summed E-state index contributed by atoms with van der Waals surface area (Å²) in [4.78, 5) is 0. The zero-order valence-electron chi connectivity index (χ0n) is 13.0. The fraction of sp³-hybridized carbons (Fsp3) is 0.769. The number of hydrogen-bond donors (Lipinski definition) is 3. The van der Waals surface area contributed by atoms with Crippen molar-refractivity contribution < 1.29 is 13.2 Å². The van der Waals surface area contributed by atoms with Crippen molar-refractivity contribution in [1.82, 2.24) is 20.2 Å². The van der Waals surface area contributed by atoms with E-state index >= 15 is 0 Å². The van der Waals surface area contributed by atoms with E-state index in [2.05, 4.69) is 27.2 Å². The molecular weight excluding hydrogens is 292 g/mol. The van der Waals surface area contributed by atoms with Crippen molar-refractivity contribution in [2.75, 3.05) is 20.3 Å². The molecule has 1 rings (SSSR count). The number of nitrogens with zero attached hydrogens (tertiary/aromatic N) is 1. The summed E-state index contributed by atoms with van der Waals surface area (Å²) in [7, 11) is -2.05. The van der Waals surface area contributed by atoms with Gasteiger partial charge in [-0.3, -0.25) is 5.10 Å². The normalized spacial score (nSPS) is 13.5. The SMILES string of the molecule is CCCNCc1cn[nH]c1S(=O)(=O)NC(CCC)COC. The summed E-state index contributed by atoms with van der Waals surface area (Å²) in [5.74, 6) is 0. The standard InChI is InChI=1S/C13H26N4O3S/c1-4-6-12(10-20-3)17-21(18,19)13-11(9-15-16-13)8-14-7-5-2/h9,12,14,17H,4-8,10H2,1-3H3,(H,15,16). The first-order chi connectivity index (χ1) is 10.0. The molecule has 0 radical (unpaired) electrons. The van der Waals surface area contributed by atoms with Crippen molar-refractivity contribution >= 4 is 10.0 Å². The second-order valence-electron chi connectivity index (χ2n) is 4.96. The van der Waals surface area contributed by atoms with Crippen molar-refractivity contribution in [3.63, 3.8) is 0 Å². The number of aromatic nitrogens is 2. The molecule has 7 nitrogen and oxygen atoms in total. The lowest BCUT2D eigenvalue weighted by molar-refractivity contribution is 0.171. The molecule has 0 aromatic carbocycles. The Hall–Kier alpha value is -0.960. The lowest BCUT2D eigenvalue weighted by Gasteiger charge is -2.17. The zero-order chi connectivity index (χ0) is 15.7. The number of methoxy groups -OCH3 is 1. The number of hydrogen-bond acceptors (Lipinski definition) is 5. The van der Waals surface area contributed by atoms with Crippen LogP contribution in [0.2, 0.25) is 0 Å². The van der Waals surface area contributed by atoms with Crippen molar-refractivity contribution in [3.05, 3.63) is 11.8 Å². The van der Waals surface area contributed by atoms with Gasteiger partial charge in [-0.05, 0) is 19.4 Å². The zero-order valence-corrected chi connectivity index (χ0v) is 13.8. The van der Waals surface area contributed by atoms with Gasteiger partial charge >= 0.3 is 0 Å². The van der Waals surface area contributed by atoms with Crippen molar-refractivity contribution in [3.8, 4) is 0 Å². The first-order valence-electron chi connectivity index (χ1n) is 7.29. The van der Waals surface area contributed by atoms with E-state index in [1.807, 2.05) is 6.92 Å². The van der Waals surface area contributed by atoms with Gasteiger partial charge < -0.3 is 10.1 Å². The average molecular weight is 318 g/mol. The first kappa shape index (κ1) is 18.1. The largest absolute Gasteiger partial charge is 0.383 e. The smallest absolute Gasteiger partial charge is 0.258 e. The van der Waals surface area contributed by atoms with Crippen LogP contribution in [0.3, 0.4) is 0 Å². The third-order valence-electron chi connectivity index (χ3n) is 3.02. The summed E-state index contributed by atoms with van der Waals surface area (Å²) in [6, 6.07) is -0.232. The van der Waals surface area contributed by atoms with Crippen LogP contribution in [0.5, 0.6) is 0 Å². The molecule has 0 saturated heterocycles. The number of sulfonamides is 1. The lowest BCUT2D eigenvalue weighted by Crippen LogP contribution is -2.38. The van der Waals surface area contributed by atoms with Crippen LogP contribution >= 0.6 is 0 Å². The van der Waals surface area contributed by atoms with Crippen LogP contribution in [-0.2, 0) is 21.3 Å². The van der Waals surface area contributed by atoms with Crippen LogP contribution in [0.1, 0.15) is 38.7 Å². The van der Waals surface area contributed by atoms with E-state index in [0.29, 0.717) is 18.7 Å². The van der Waals surface area contributed by atoms with Gasteiger partial charge in [0.05, 0.1) is 12.8 Å². The Labute approximate surface area is 126 Å². The molecule has 0 spiro atoms. The molecule has 0 fully saturated rings. The Balaban J connectivity index is 2.79. The van der Waals surface area contributed by atoms with Gasteiger partial charge in [-0.15, -0.1) is 0 Å². The van der Waals surface area contributed by atoms with Crippen molar-refractivity contribution in [2.45, 2.75) is 50.7 Å². The minimum atomic E-state index is -3.62. The average Bonchev–Trinajstić information content (AvgIpc) is 2.88. The van der Waals surface area contributed by atoms with Crippen LogP contribution in [-0.4, -0.2) is 44.9 Å². The van der Waals surface area contributed by atoms with E-state index in [-0.39, 0.29) is 11.1 Å². The van der Waals surface area contributed by atoms with E-state index in [0.717, 1.165) is 25.8 Å². The lowest BCUT2D eigenvalue weighted by atomic mass is 10.2. The molecule has 1 heterocycles. The van der Waals surface area contributed by atoms with Gasteiger partial charge in [-0.25, -0.2) is 13.1 Å². The highest BCUT2D eigenvalue weighted by Gasteiger charge is 2.24. The molecule has 1 atom stereocenters. The first-order valence-corrected chi connectivity index (χ1v) is 8.77. The maximum absolute atomic E-state index is 12.4. The summed E-state index contributed by atoms with van der Waals surface area (Å²) in [6.45, 7) is 5.73. The highest BCUT2D eigenvalue weighted by molar-refractivity contribution is 7.89. The maximum Gasteiger partial charge on any atom is 0.258 e. The van der Waals surface area contributed by atoms with Gasteiger partial charge in [-0.2, -0.15) is 5.10 Å². The highest BCUT2D eigenvalue weighted by atomic mass is 32.2. The molecule has 1 unspecified atom stereocenters. The van der Waals surface area contributed by atoms with Crippen LogP contribution in [0.25, 0.3) is 0 Å². The minimum absolute atomic E-state index is 0.128. The third-order valence-corrected chi connectivity index (χ3v) is 4.55. The summed E-state index contributed by atoms with van der Waals surface area (Å²) in [6.07, 6.45) is 4.14. The number of aromatic amines is 1. The molecular formula is C13H26N4O3S. The predicted molar refractivity (Wildman–Crippen MR) is 81.5 cm³/mol. The second kappa shape index (κ2) is 9.14. The van der Waals surface area contributed by atoms with Crippen LogP contribution in [0.15, 0.2) is 11.2 Å². The second-order valence-corrected chi connectivity index (χ2v) is 6.61. The molecule has 8 heteroatoms. The molecule has 0 saturated carbocycles. The predicted octanol–water partition coefficient (Wildman–Crippen LogP) is 1.00. The van der Waals surface area contributed by atoms with E-state index in [1.54, 1.807) is 13.3 Å². The van der Waals surface area contributed by atoms with Gasteiger partial charge in [-0.1, -0.05) is 20.3 Å². The molecule has 21 heavy (non-hydrogen) atoms. The summed E-state index contributed by atoms with van der Waals surface area (Å²) in [5, 5.41) is 9.74. The van der Waals surface area contributed by atoms with E-state index in [4.69, 9.17) is 4.74 Å². The molecule has 3 N–H and O–H groups in total. The fourth-order valence-corrected chi connectivity index (χ4v) is 3.45. The summed E-state index contributed by atoms with van der Waals surface area (Å²) in [5.41, 5.74) is 0.642.